The highest BCUT2D eigenvalue weighted by molar-refractivity contribution is 5.76. The number of amides is 1. The smallest absolute Gasteiger partial charge is 0.222 e. The summed E-state index contributed by atoms with van der Waals surface area (Å²) in [5.41, 5.74) is 0. The summed E-state index contributed by atoms with van der Waals surface area (Å²) in [5.74, 6) is 1.25. The van der Waals surface area contributed by atoms with E-state index >= 15 is 0 Å². The quantitative estimate of drug-likeness (QED) is 0.795. The Hall–Kier alpha value is -0.570. The van der Waals surface area contributed by atoms with Crippen LogP contribution >= 0.6 is 0 Å². The molecule has 1 heterocycles. The van der Waals surface area contributed by atoms with Crippen molar-refractivity contribution in [3.63, 3.8) is 0 Å². The minimum Gasteiger partial charge on any atom is -0.393 e. The van der Waals surface area contributed by atoms with E-state index in [9.17, 15) is 9.90 Å². The maximum Gasteiger partial charge on any atom is 0.222 e. The van der Waals surface area contributed by atoms with Gasteiger partial charge < -0.3 is 10.0 Å². The maximum atomic E-state index is 12.0. The van der Waals surface area contributed by atoms with E-state index in [0.717, 1.165) is 25.9 Å². The highest BCUT2D eigenvalue weighted by atomic mass is 16.3. The zero-order valence-electron chi connectivity index (χ0n) is 10.2. The molecule has 0 aromatic rings. The van der Waals surface area contributed by atoms with Crippen molar-refractivity contribution in [1.82, 2.24) is 4.90 Å². The first kappa shape index (κ1) is 11.9. The van der Waals surface area contributed by atoms with Gasteiger partial charge in [0, 0.05) is 25.4 Å². The number of hydrogen-bond donors (Lipinski definition) is 1. The Kier molecular flexibility index (Phi) is 3.85. The van der Waals surface area contributed by atoms with E-state index in [1.165, 1.54) is 25.7 Å². The zero-order valence-corrected chi connectivity index (χ0v) is 10.2. The average Bonchev–Trinajstić information content (AvgIpc) is 2.86. The van der Waals surface area contributed by atoms with Crippen molar-refractivity contribution in [2.45, 2.75) is 51.6 Å². The van der Waals surface area contributed by atoms with Crippen LogP contribution in [0.4, 0.5) is 0 Å². The number of carbonyl (C=O) groups is 1. The van der Waals surface area contributed by atoms with Crippen molar-refractivity contribution in [3.8, 4) is 0 Å². The highest BCUT2D eigenvalue weighted by Crippen LogP contribution is 2.29. The molecular weight excluding hydrogens is 202 g/mol. The van der Waals surface area contributed by atoms with Gasteiger partial charge >= 0.3 is 0 Å². The third kappa shape index (κ3) is 2.76. The van der Waals surface area contributed by atoms with Crippen LogP contribution in [0, 0.1) is 11.8 Å². The number of nitrogens with zero attached hydrogens (tertiary/aromatic N) is 1. The van der Waals surface area contributed by atoms with Gasteiger partial charge in [-0.1, -0.05) is 12.8 Å². The van der Waals surface area contributed by atoms with Crippen LogP contribution in [0.15, 0.2) is 0 Å². The molecule has 0 radical (unpaired) electrons. The van der Waals surface area contributed by atoms with Crippen molar-refractivity contribution in [1.29, 1.82) is 0 Å². The standard InChI is InChI=1S/C13H23NO2/c1-10(15)12-6-7-14(9-12)13(16)8-11-4-2-3-5-11/h10-12,15H,2-9H2,1H3. The fourth-order valence-corrected chi connectivity index (χ4v) is 3.00. The molecule has 3 nitrogen and oxygen atoms in total. The average molecular weight is 225 g/mol. The number of rotatable bonds is 3. The van der Waals surface area contributed by atoms with E-state index in [-0.39, 0.29) is 6.10 Å². The van der Waals surface area contributed by atoms with E-state index in [2.05, 4.69) is 0 Å². The van der Waals surface area contributed by atoms with Crippen LogP contribution in [0.1, 0.15) is 45.4 Å². The molecule has 1 saturated heterocycles. The molecule has 2 rings (SSSR count). The Bertz CT molecular complexity index is 246. The molecule has 0 aromatic heterocycles. The van der Waals surface area contributed by atoms with Crippen LogP contribution in [-0.4, -0.2) is 35.1 Å². The molecule has 2 unspecified atom stereocenters. The molecule has 1 aliphatic carbocycles. The minimum atomic E-state index is -0.274. The van der Waals surface area contributed by atoms with Crippen LogP contribution in [0.3, 0.4) is 0 Å². The van der Waals surface area contributed by atoms with E-state index in [4.69, 9.17) is 0 Å². The SMILES string of the molecule is CC(O)C1CCN(C(=O)CC2CCCC2)C1. The lowest BCUT2D eigenvalue weighted by Gasteiger charge is -2.19. The van der Waals surface area contributed by atoms with Gasteiger partial charge in [0.1, 0.15) is 0 Å². The molecule has 92 valence electrons. The third-order valence-electron chi connectivity index (χ3n) is 4.20. The monoisotopic (exact) mass is 225 g/mol. The zero-order chi connectivity index (χ0) is 11.5. The van der Waals surface area contributed by atoms with Gasteiger partial charge in [-0.25, -0.2) is 0 Å². The summed E-state index contributed by atoms with van der Waals surface area (Å²) in [6, 6.07) is 0. The van der Waals surface area contributed by atoms with Gasteiger partial charge in [0.15, 0.2) is 0 Å². The normalized spacial score (nSPS) is 28.6. The molecular formula is C13H23NO2. The molecule has 1 aliphatic heterocycles. The topological polar surface area (TPSA) is 40.5 Å². The predicted octanol–water partition coefficient (Wildman–Crippen LogP) is 1.80. The number of likely N-dealkylation sites (tertiary alicyclic amines) is 1. The van der Waals surface area contributed by atoms with Crippen LogP contribution in [-0.2, 0) is 4.79 Å². The fraction of sp³-hybridized carbons (Fsp3) is 0.923. The van der Waals surface area contributed by atoms with Gasteiger partial charge in [0.2, 0.25) is 5.91 Å². The molecule has 3 heteroatoms. The predicted molar refractivity (Wildman–Crippen MR) is 62.9 cm³/mol. The fourth-order valence-electron chi connectivity index (χ4n) is 3.00. The Morgan fingerprint density at radius 3 is 2.62 bits per heavy atom. The highest BCUT2D eigenvalue weighted by Gasteiger charge is 2.30. The third-order valence-corrected chi connectivity index (χ3v) is 4.20. The Balaban J connectivity index is 1.77. The molecule has 1 amide bonds. The van der Waals surface area contributed by atoms with Crippen LogP contribution in [0.2, 0.25) is 0 Å². The molecule has 0 spiro atoms. The first-order valence-corrected chi connectivity index (χ1v) is 6.62. The van der Waals surface area contributed by atoms with Gasteiger partial charge in [-0.2, -0.15) is 0 Å². The lowest BCUT2D eigenvalue weighted by molar-refractivity contribution is -0.131. The van der Waals surface area contributed by atoms with Gasteiger partial charge in [-0.15, -0.1) is 0 Å². The van der Waals surface area contributed by atoms with Crippen LogP contribution < -0.4 is 0 Å². The molecule has 1 saturated carbocycles. The first-order chi connectivity index (χ1) is 7.66. The Labute approximate surface area is 97.8 Å². The molecule has 2 aliphatic rings. The van der Waals surface area contributed by atoms with Gasteiger partial charge in [0.05, 0.1) is 6.10 Å². The summed E-state index contributed by atoms with van der Waals surface area (Å²) in [6.45, 7) is 3.44. The molecule has 0 aromatic carbocycles. The van der Waals surface area contributed by atoms with E-state index in [1.54, 1.807) is 0 Å². The van der Waals surface area contributed by atoms with Crippen molar-refractivity contribution in [2.75, 3.05) is 13.1 Å². The van der Waals surface area contributed by atoms with Gasteiger partial charge in [0.25, 0.3) is 0 Å². The summed E-state index contributed by atoms with van der Waals surface area (Å²) in [7, 11) is 0. The van der Waals surface area contributed by atoms with Gasteiger partial charge in [-0.05, 0) is 32.1 Å². The molecule has 16 heavy (non-hydrogen) atoms. The van der Waals surface area contributed by atoms with E-state index < -0.39 is 0 Å². The van der Waals surface area contributed by atoms with E-state index in [0.29, 0.717) is 17.7 Å². The van der Waals surface area contributed by atoms with Crippen molar-refractivity contribution < 1.29 is 9.90 Å². The Morgan fingerprint density at radius 2 is 2.06 bits per heavy atom. The molecule has 2 fully saturated rings. The maximum absolute atomic E-state index is 12.0. The lowest BCUT2D eigenvalue weighted by Crippen LogP contribution is -2.31. The Morgan fingerprint density at radius 1 is 1.38 bits per heavy atom. The number of aliphatic hydroxyl groups excluding tert-OH is 1. The second-order valence-electron chi connectivity index (χ2n) is 5.48. The first-order valence-electron chi connectivity index (χ1n) is 6.62. The summed E-state index contributed by atoms with van der Waals surface area (Å²) < 4.78 is 0. The number of aliphatic hydroxyl groups is 1. The summed E-state index contributed by atoms with van der Waals surface area (Å²) in [6.07, 6.45) is 6.51. The number of hydrogen-bond acceptors (Lipinski definition) is 2. The van der Waals surface area contributed by atoms with Crippen LogP contribution in [0.5, 0.6) is 0 Å². The summed E-state index contributed by atoms with van der Waals surface area (Å²) >= 11 is 0. The second kappa shape index (κ2) is 5.17. The largest absolute Gasteiger partial charge is 0.393 e. The van der Waals surface area contributed by atoms with Gasteiger partial charge in [-0.3, -0.25) is 4.79 Å². The van der Waals surface area contributed by atoms with Crippen molar-refractivity contribution >= 4 is 5.91 Å². The van der Waals surface area contributed by atoms with Crippen molar-refractivity contribution in [3.05, 3.63) is 0 Å². The van der Waals surface area contributed by atoms with E-state index in [1.807, 2.05) is 11.8 Å². The minimum absolute atomic E-state index is 0.274. The lowest BCUT2D eigenvalue weighted by atomic mass is 10.0. The summed E-state index contributed by atoms with van der Waals surface area (Å²) in [4.78, 5) is 14.0. The second-order valence-corrected chi connectivity index (χ2v) is 5.48. The van der Waals surface area contributed by atoms with Crippen molar-refractivity contribution in [2.24, 2.45) is 11.8 Å². The van der Waals surface area contributed by atoms with Crippen LogP contribution in [0.25, 0.3) is 0 Å². The molecule has 0 bridgehead atoms. The molecule has 2 atom stereocenters. The molecule has 1 N–H and O–H groups in total. The summed E-state index contributed by atoms with van der Waals surface area (Å²) in [5, 5.41) is 9.50. The number of carbonyl (C=O) groups excluding carboxylic acids is 1.